The van der Waals surface area contributed by atoms with E-state index in [1.54, 1.807) is 18.2 Å². The summed E-state index contributed by atoms with van der Waals surface area (Å²) in [7, 11) is 0. The lowest BCUT2D eigenvalue weighted by Gasteiger charge is -2.67. The number of para-hydroxylation sites is 1. The number of nitrogens with zero attached hydrogens (tertiary/aromatic N) is 4. The first-order chi connectivity index (χ1) is 14.6. The van der Waals surface area contributed by atoms with Crippen molar-refractivity contribution in [1.29, 1.82) is 5.26 Å². The third-order valence-electron chi connectivity index (χ3n) is 7.16. The molecule has 1 aliphatic heterocycles. The van der Waals surface area contributed by atoms with Gasteiger partial charge in [-0.25, -0.2) is 4.68 Å². The topological polar surface area (TPSA) is 61.9 Å². The number of amides is 1. The summed E-state index contributed by atoms with van der Waals surface area (Å²) in [5.74, 6) is -0.0697. The van der Waals surface area contributed by atoms with Crippen LogP contribution in [0, 0.1) is 23.7 Å². The van der Waals surface area contributed by atoms with Crippen molar-refractivity contribution < 1.29 is 4.79 Å². The zero-order valence-corrected chi connectivity index (χ0v) is 17.2. The van der Waals surface area contributed by atoms with Crippen molar-refractivity contribution in [3.05, 3.63) is 83.2 Å². The maximum absolute atomic E-state index is 13.6. The lowest BCUT2D eigenvalue weighted by molar-refractivity contribution is -0.156. The molecule has 1 amide bonds. The van der Waals surface area contributed by atoms with Gasteiger partial charge in [0.05, 0.1) is 34.6 Å². The SMILES string of the molecule is Cc1ccccc1-n1nccc1C1N(C(=O)c2ccccc2C#N)C(C)C12CCC2. The first kappa shape index (κ1) is 18.6. The van der Waals surface area contributed by atoms with Crippen molar-refractivity contribution in [2.75, 3.05) is 0 Å². The predicted octanol–water partition coefficient (Wildman–Crippen LogP) is 4.81. The molecule has 2 unspecified atom stereocenters. The van der Waals surface area contributed by atoms with Gasteiger partial charge in [0.1, 0.15) is 0 Å². The Kier molecular flexibility index (Phi) is 4.25. The second kappa shape index (κ2) is 6.84. The van der Waals surface area contributed by atoms with Gasteiger partial charge >= 0.3 is 0 Å². The summed E-state index contributed by atoms with van der Waals surface area (Å²) >= 11 is 0. The van der Waals surface area contributed by atoms with E-state index in [9.17, 15) is 10.1 Å². The normalized spacial score (nSPS) is 21.6. The van der Waals surface area contributed by atoms with Crippen LogP contribution in [0.3, 0.4) is 0 Å². The van der Waals surface area contributed by atoms with E-state index in [-0.39, 0.29) is 23.4 Å². The molecule has 3 aromatic rings. The maximum atomic E-state index is 13.6. The highest BCUT2D eigenvalue weighted by molar-refractivity contribution is 5.98. The number of carbonyl (C=O) groups excluding carboxylic acids is 1. The lowest BCUT2D eigenvalue weighted by Crippen LogP contribution is -2.69. The second-order valence-electron chi connectivity index (χ2n) is 8.49. The number of nitriles is 1. The van der Waals surface area contributed by atoms with Crippen molar-refractivity contribution in [3.63, 3.8) is 0 Å². The highest BCUT2D eigenvalue weighted by Crippen LogP contribution is 2.64. The molecule has 5 rings (SSSR count). The second-order valence-corrected chi connectivity index (χ2v) is 8.49. The molecule has 5 heteroatoms. The zero-order valence-electron chi connectivity index (χ0n) is 17.2. The number of rotatable bonds is 3. The van der Waals surface area contributed by atoms with Crippen molar-refractivity contribution in [2.24, 2.45) is 5.41 Å². The van der Waals surface area contributed by atoms with Crippen molar-refractivity contribution >= 4 is 5.91 Å². The largest absolute Gasteiger partial charge is 0.326 e. The average Bonchev–Trinajstić information content (AvgIpc) is 3.19. The maximum Gasteiger partial charge on any atom is 0.256 e. The van der Waals surface area contributed by atoms with E-state index >= 15 is 0 Å². The molecule has 2 fully saturated rings. The highest BCUT2D eigenvalue weighted by atomic mass is 16.2. The molecule has 150 valence electrons. The molecular weight excluding hydrogens is 372 g/mol. The quantitative estimate of drug-likeness (QED) is 0.638. The molecule has 5 nitrogen and oxygen atoms in total. The van der Waals surface area contributed by atoms with Gasteiger partial charge in [0, 0.05) is 17.7 Å². The predicted molar refractivity (Wildman–Crippen MR) is 114 cm³/mol. The van der Waals surface area contributed by atoms with Crippen LogP contribution in [0.5, 0.6) is 0 Å². The van der Waals surface area contributed by atoms with E-state index < -0.39 is 0 Å². The van der Waals surface area contributed by atoms with Crippen LogP contribution in [0.4, 0.5) is 0 Å². The van der Waals surface area contributed by atoms with E-state index in [4.69, 9.17) is 0 Å². The molecule has 1 saturated heterocycles. The van der Waals surface area contributed by atoms with E-state index in [2.05, 4.69) is 37.1 Å². The van der Waals surface area contributed by atoms with Gasteiger partial charge in [-0.15, -0.1) is 0 Å². The third kappa shape index (κ3) is 2.46. The van der Waals surface area contributed by atoms with Gasteiger partial charge in [0.2, 0.25) is 0 Å². The van der Waals surface area contributed by atoms with Gasteiger partial charge in [-0.3, -0.25) is 4.79 Å². The minimum Gasteiger partial charge on any atom is -0.326 e. The van der Waals surface area contributed by atoms with E-state index in [0.717, 1.165) is 29.8 Å². The first-order valence-electron chi connectivity index (χ1n) is 10.5. The summed E-state index contributed by atoms with van der Waals surface area (Å²) < 4.78 is 1.99. The molecule has 1 saturated carbocycles. The molecular formula is C25H24N4O. The highest BCUT2D eigenvalue weighted by Gasteiger charge is 2.64. The van der Waals surface area contributed by atoms with Crippen molar-refractivity contribution in [1.82, 2.24) is 14.7 Å². The van der Waals surface area contributed by atoms with E-state index in [0.29, 0.717) is 11.1 Å². The number of benzene rings is 2. The van der Waals surface area contributed by atoms with Gasteiger partial charge < -0.3 is 4.90 Å². The molecule has 30 heavy (non-hydrogen) atoms. The number of hydrogen-bond donors (Lipinski definition) is 0. The molecule has 2 atom stereocenters. The average molecular weight is 396 g/mol. The number of aromatic nitrogens is 2. The Morgan fingerprint density at radius 3 is 2.57 bits per heavy atom. The van der Waals surface area contributed by atoms with Gasteiger partial charge in [0.25, 0.3) is 5.91 Å². The van der Waals surface area contributed by atoms with Crippen LogP contribution in [0.2, 0.25) is 0 Å². The van der Waals surface area contributed by atoms with Crippen LogP contribution in [0.15, 0.2) is 60.8 Å². The zero-order chi connectivity index (χ0) is 20.9. The molecule has 2 aliphatic rings. The smallest absolute Gasteiger partial charge is 0.256 e. The van der Waals surface area contributed by atoms with E-state index in [1.165, 1.54) is 6.42 Å². The molecule has 0 bridgehead atoms. The monoisotopic (exact) mass is 396 g/mol. The summed E-state index contributed by atoms with van der Waals surface area (Å²) in [5.41, 5.74) is 4.23. The fourth-order valence-corrected chi connectivity index (χ4v) is 5.36. The first-order valence-corrected chi connectivity index (χ1v) is 10.5. The van der Waals surface area contributed by atoms with Crippen LogP contribution in [-0.4, -0.2) is 26.6 Å². The fraction of sp³-hybridized carbons (Fsp3) is 0.320. The number of hydrogen-bond acceptors (Lipinski definition) is 3. The van der Waals surface area contributed by atoms with Crippen LogP contribution in [-0.2, 0) is 0 Å². The Labute approximate surface area is 176 Å². The summed E-state index contributed by atoms with van der Waals surface area (Å²) in [4.78, 5) is 15.6. The third-order valence-corrected chi connectivity index (χ3v) is 7.16. The molecule has 0 N–H and O–H groups in total. The molecule has 1 aliphatic carbocycles. The number of aryl methyl sites for hydroxylation is 1. The summed E-state index contributed by atoms with van der Waals surface area (Å²) in [6.45, 7) is 4.23. The number of carbonyl (C=O) groups is 1. The molecule has 1 spiro atoms. The van der Waals surface area contributed by atoms with Gasteiger partial charge in [-0.1, -0.05) is 36.8 Å². The van der Waals surface area contributed by atoms with Gasteiger partial charge in [0.15, 0.2) is 0 Å². The fourth-order valence-electron chi connectivity index (χ4n) is 5.36. The van der Waals surface area contributed by atoms with Crippen LogP contribution in [0.1, 0.15) is 59.4 Å². The minimum absolute atomic E-state index is 0.0393. The van der Waals surface area contributed by atoms with E-state index in [1.807, 2.05) is 40.0 Å². The Hall–Kier alpha value is -3.39. The molecule has 2 heterocycles. The Morgan fingerprint density at radius 2 is 1.87 bits per heavy atom. The standard InChI is InChI=1S/C25H24N4O/c1-17-8-3-6-11-21(17)29-22(12-15-27-29)23-25(13-7-14-25)18(2)28(23)24(30)20-10-5-4-9-19(20)16-26/h3-6,8-12,15,18,23H,7,13-14H2,1-2H3. The van der Waals surface area contributed by atoms with Crippen molar-refractivity contribution in [2.45, 2.75) is 45.2 Å². The van der Waals surface area contributed by atoms with Crippen molar-refractivity contribution in [3.8, 4) is 11.8 Å². The van der Waals surface area contributed by atoms with Crippen LogP contribution >= 0.6 is 0 Å². The lowest BCUT2D eigenvalue weighted by atomic mass is 9.52. The Bertz CT molecular complexity index is 1170. The molecule has 2 aromatic carbocycles. The minimum atomic E-state index is -0.0697. The molecule has 1 aromatic heterocycles. The Balaban J connectivity index is 1.60. The van der Waals surface area contributed by atoms with Gasteiger partial charge in [-0.2, -0.15) is 10.4 Å². The van der Waals surface area contributed by atoms with Gasteiger partial charge in [-0.05, 0) is 56.5 Å². The van der Waals surface area contributed by atoms with Crippen LogP contribution in [0.25, 0.3) is 5.69 Å². The number of likely N-dealkylation sites (tertiary alicyclic amines) is 1. The summed E-state index contributed by atoms with van der Waals surface area (Å²) in [6, 6.07) is 19.6. The molecule has 0 radical (unpaired) electrons. The Morgan fingerprint density at radius 1 is 1.13 bits per heavy atom. The van der Waals surface area contributed by atoms with Crippen LogP contribution < -0.4 is 0 Å². The summed E-state index contributed by atoms with van der Waals surface area (Å²) in [6.07, 6.45) is 5.24. The summed E-state index contributed by atoms with van der Waals surface area (Å²) in [5, 5.41) is 14.1.